The molecule has 0 fully saturated rings. The second-order valence-corrected chi connectivity index (χ2v) is 3.75. The molecule has 0 bridgehead atoms. The van der Waals surface area contributed by atoms with Gasteiger partial charge in [0, 0.05) is 23.1 Å². The molecule has 0 saturated carbocycles. The van der Waals surface area contributed by atoms with Crippen molar-refractivity contribution in [2.45, 2.75) is 20.4 Å². The fourth-order valence-corrected chi connectivity index (χ4v) is 1.90. The Morgan fingerprint density at radius 1 is 1.29 bits per heavy atom. The number of aromatic nitrogens is 1. The smallest absolute Gasteiger partial charge is 0.0485 e. The second-order valence-electron chi connectivity index (χ2n) is 3.75. The Hall–Kier alpha value is -1.50. The van der Waals surface area contributed by atoms with E-state index in [0.717, 1.165) is 6.54 Å². The molecule has 2 rings (SSSR count). The van der Waals surface area contributed by atoms with Crippen LogP contribution in [0.5, 0.6) is 0 Å². The van der Waals surface area contributed by atoms with Gasteiger partial charge >= 0.3 is 0 Å². The summed E-state index contributed by atoms with van der Waals surface area (Å²) < 4.78 is 2.28. The van der Waals surface area contributed by atoms with Gasteiger partial charge < -0.3 is 4.57 Å². The number of hydrogen-bond donors (Lipinski definition) is 0. The molecule has 0 saturated heterocycles. The Morgan fingerprint density at radius 3 is 2.79 bits per heavy atom. The first-order chi connectivity index (χ1) is 6.72. The van der Waals surface area contributed by atoms with Gasteiger partial charge in [-0.2, -0.15) is 0 Å². The number of aryl methyl sites for hydroxylation is 2. The van der Waals surface area contributed by atoms with Crippen LogP contribution in [0, 0.1) is 13.8 Å². The van der Waals surface area contributed by atoms with Crippen LogP contribution in [0.25, 0.3) is 10.9 Å². The van der Waals surface area contributed by atoms with Crippen molar-refractivity contribution in [1.82, 2.24) is 4.57 Å². The molecule has 2 aromatic rings. The van der Waals surface area contributed by atoms with E-state index in [1.807, 2.05) is 6.08 Å². The maximum atomic E-state index is 3.78. The van der Waals surface area contributed by atoms with E-state index in [4.69, 9.17) is 0 Å². The Balaban J connectivity index is 2.70. The lowest BCUT2D eigenvalue weighted by Gasteiger charge is -2.04. The van der Waals surface area contributed by atoms with Crippen molar-refractivity contribution in [1.29, 1.82) is 0 Å². The zero-order chi connectivity index (χ0) is 10.1. The summed E-state index contributed by atoms with van der Waals surface area (Å²) in [6.45, 7) is 8.93. The van der Waals surface area contributed by atoms with Gasteiger partial charge in [-0.15, -0.1) is 6.58 Å². The monoisotopic (exact) mass is 185 g/mol. The van der Waals surface area contributed by atoms with Crippen LogP contribution in [0.4, 0.5) is 0 Å². The SMILES string of the molecule is C=CCn1c(C)cc2cc(C)ccc21. The second kappa shape index (κ2) is 3.33. The predicted molar refractivity (Wildman–Crippen MR) is 61.6 cm³/mol. The average Bonchev–Trinajstić information content (AvgIpc) is 2.43. The number of allylic oxidation sites excluding steroid dienone is 1. The molecule has 0 atom stereocenters. The first kappa shape index (κ1) is 9.07. The summed E-state index contributed by atoms with van der Waals surface area (Å²) in [5.74, 6) is 0. The Morgan fingerprint density at radius 2 is 2.07 bits per heavy atom. The molecule has 1 aromatic carbocycles. The molecule has 0 unspecified atom stereocenters. The summed E-state index contributed by atoms with van der Waals surface area (Å²) in [7, 11) is 0. The minimum absolute atomic E-state index is 0.887. The molecule has 14 heavy (non-hydrogen) atoms. The summed E-state index contributed by atoms with van der Waals surface area (Å²) >= 11 is 0. The Kier molecular flexibility index (Phi) is 2.16. The molecule has 0 radical (unpaired) electrons. The number of nitrogens with zero attached hydrogens (tertiary/aromatic N) is 1. The summed E-state index contributed by atoms with van der Waals surface area (Å²) in [5.41, 5.74) is 3.91. The van der Waals surface area contributed by atoms with Crippen molar-refractivity contribution in [3.8, 4) is 0 Å². The van der Waals surface area contributed by atoms with Gasteiger partial charge in [0.2, 0.25) is 0 Å². The lowest BCUT2D eigenvalue weighted by atomic mass is 10.2. The van der Waals surface area contributed by atoms with E-state index in [1.54, 1.807) is 0 Å². The fraction of sp³-hybridized carbons (Fsp3) is 0.231. The molecule has 0 amide bonds. The highest BCUT2D eigenvalue weighted by atomic mass is 15.0. The van der Waals surface area contributed by atoms with Gasteiger partial charge in [0.15, 0.2) is 0 Å². The molecular formula is C13H15N. The molecule has 0 N–H and O–H groups in total. The summed E-state index contributed by atoms with van der Waals surface area (Å²) in [5, 5.41) is 1.32. The van der Waals surface area contributed by atoms with Crippen LogP contribution in [-0.4, -0.2) is 4.57 Å². The molecule has 0 spiro atoms. The lowest BCUT2D eigenvalue weighted by Crippen LogP contribution is -1.96. The van der Waals surface area contributed by atoms with Gasteiger partial charge in [0.25, 0.3) is 0 Å². The molecule has 1 nitrogen and oxygen atoms in total. The molecule has 1 heterocycles. The summed E-state index contributed by atoms with van der Waals surface area (Å²) in [4.78, 5) is 0. The van der Waals surface area contributed by atoms with Crippen molar-refractivity contribution in [3.63, 3.8) is 0 Å². The molecule has 1 aromatic heterocycles. The minimum Gasteiger partial charge on any atom is -0.341 e. The number of fused-ring (bicyclic) bond motifs is 1. The minimum atomic E-state index is 0.887. The highest BCUT2D eigenvalue weighted by molar-refractivity contribution is 5.82. The molecule has 0 aliphatic rings. The standard InChI is InChI=1S/C13H15N/c1-4-7-14-11(3)9-12-8-10(2)5-6-13(12)14/h4-6,8-9H,1,7H2,2-3H3. The van der Waals surface area contributed by atoms with Gasteiger partial charge in [-0.25, -0.2) is 0 Å². The van der Waals surface area contributed by atoms with Crippen LogP contribution in [-0.2, 0) is 6.54 Å². The van der Waals surface area contributed by atoms with Crippen molar-refractivity contribution in [2.75, 3.05) is 0 Å². The van der Waals surface area contributed by atoms with Crippen LogP contribution < -0.4 is 0 Å². The van der Waals surface area contributed by atoms with Gasteiger partial charge in [-0.05, 0) is 32.0 Å². The van der Waals surface area contributed by atoms with E-state index in [0.29, 0.717) is 0 Å². The van der Waals surface area contributed by atoms with Crippen molar-refractivity contribution in [2.24, 2.45) is 0 Å². The summed E-state index contributed by atoms with van der Waals surface area (Å²) in [6, 6.07) is 8.79. The van der Waals surface area contributed by atoms with E-state index in [-0.39, 0.29) is 0 Å². The maximum Gasteiger partial charge on any atom is 0.0485 e. The molecular weight excluding hydrogens is 170 g/mol. The van der Waals surface area contributed by atoms with Crippen LogP contribution in [0.2, 0.25) is 0 Å². The lowest BCUT2D eigenvalue weighted by molar-refractivity contribution is 0.829. The third kappa shape index (κ3) is 1.35. The Labute approximate surface area is 84.7 Å². The van der Waals surface area contributed by atoms with Gasteiger partial charge in [0.1, 0.15) is 0 Å². The fourth-order valence-electron chi connectivity index (χ4n) is 1.90. The quantitative estimate of drug-likeness (QED) is 0.631. The van der Waals surface area contributed by atoms with Crippen LogP contribution in [0.15, 0.2) is 36.9 Å². The van der Waals surface area contributed by atoms with Gasteiger partial charge in [-0.3, -0.25) is 0 Å². The number of hydrogen-bond acceptors (Lipinski definition) is 0. The van der Waals surface area contributed by atoms with Crippen LogP contribution >= 0.6 is 0 Å². The van der Waals surface area contributed by atoms with E-state index in [9.17, 15) is 0 Å². The van der Waals surface area contributed by atoms with E-state index < -0.39 is 0 Å². The first-order valence-electron chi connectivity index (χ1n) is 4.90. The summed E-state index contributed by atoms with van der Waals surface area (Å²) in [6.07, 6.45) is 1.94. The predicted octanol–water partition coefficient (Wildman–Crippen LogP) is 3.44. The number of rotatable bonds is 2. The van der Waals surface area contributed by atoms with Crippen molar-refractivity contribution < 1.29 is 0 Å². The van der Waals surface area contributed by atoms with Gasteiger partial charge in [-0.1, -0.05) is 17.7 Å². The molecule has 72 valence electrons. The van der Waals surface area contributed by atoms with E-state index in [2.05, 4.69) is 49.3 Å². The van der Waals surface area contributed by atoms with Gasteiger partial charge in [0.05, 0.1) is 0 Å². The molecule has 0 aliphatic heterocycles. The van der Waals surface area contributed by atoms with Crippen molar-refractivity contribution >= 4 is 10.9 Å². The first-order valence-corrected chi connectivity index (χ1v) is 4.90. The van der Waals surface area contributed by atoms with Crippen LogP contribution in [0.1, 0.15) is 11.3 Å². The zero-order valence-corrected chi connectivity index (χ0v) is 8.75. The normalized spacial score (nSPS) is 10.7. The van der Waals surface area contributed by atoms with Crippen molar-refractivity contribution in [3.05, 3.63) is 48.2 Å². The molecule has 0 aliphatic carbocycles. The largest absolute Gasteiger partial charge is 0.341 e. The average molecular weight is 185 g/mol. The highest BCUT2D eigenvalue weighted by Crippen LogP contribution is 2.20. The number of benzene rings is 1. The highest BCUT2D eigenvalue weighted by Gasteiger charge is 2.03. The maximum absolute atomic E-state index is 3.78. The van der Waals surface area contributed by atoms with E-state index in [1.165, 1.54) is 22.2 Å². The third-order valence-electron chi connectivity index (χ3n) is 2.58. The Bertz CT molecular complexity index is 477. The zero-order valence-electron chi connectivity index (χ0n) is 8.75. The molecule has 1 heteroatoms. The van der Waals surface area contributed by atoms with Crippen LogP contribution in [0.3, 0.4) is 0 Å². The van der Waals surface area contributed by atoms with E-state index >= 15 is 0 Å². The topological polar surface area (TPSA) is 4.93 Å². The third-order valence-corrected chi connectivity index (χ3v) is 2.58.